The van der Waals surface area contributed by atoms with Crippen molar-refractivity contribution in [1.29, 1.82) is 0 Å². The summed E-state index contributed by atoms with van der Waals surface area (Å²) in [5.74, 6) is -0.260. The van der Waals surface area contributed by atoms with Gasteiger partial charge < -0.3 is 5.32 Å². The number of carbonyl (C=O) groups excluding carboxylic acids is 1. The Hall–Kier alpha value is -1.07. The summed E-state index contributed by atoms with van der Waals surface area (Å²) in [5, 5.41) is 2.90. The molecule has 0 heterocycles. The predicted octanol–water partition coefficient (Wildman–Crippen LogP) is 3.23. The van der Waals surface area contributed by atoms with Crippen molar-refractivity contribution in [1.82, 2.24) is 5.32 Å². The van der Waals surface area contributed by atoms with E-state index in [1.807, 2.05) is 0 Å². The molecule has 2 rings (SSSR count). The van der Waals surface area contributed by atoms with Crippen molar-refractivity contribution < 1.29 is 13.2 Å². The number of carbonyl (C=O) groups is 1. The summed E-state index contributed by atoms with van der Waals surface area (Å²) in [4.78, 5) is 12.2. The van der Waals surface area contributed by atoms with Crippen LogP contribution in [0.3, 0.4) is 0 Å². The lowest BCUT2D eigenvalue weighted by atomic mass is 9.89. The standard InChI is InChI=1S/C15H20ClNO3S/c1-11-5-6-12(9-13(11)21(16,19)20)14(18)17-10-15(2)7-3-4-8-15/h5-6,9H,3-4,7-8,10H2,1-2H3,(H,17,18). The lowest BCUT2D eigenvalue weighted by molar-refractivity contribution is 0.0934. The lowest BCUT2D eigenvalue weighted by Crippen LogP contribution is -2.34. The molecule has 4 nitrogen and oxygen atoms in total. The normalized spacial score (nSPS) is 17.7. The van der Waals surface area contributed by atoms with Gasteiger partial charge in [-0.25, -0.2) is 8.42 Å². The van der Waals surface area contributed by atoms with Crippen molar-refractivity contribution in [2.24, 2.45) is 5.41 Å². The molecule has 1 aliphatic carbocycles. The van der Waals surface area contributed by atoms with Crippen molar-refractivity contribution in [2.75, 3.05) is 6.54 Å². The number of hydrogen-bond acceptors (Lipinski definition) is 3. The molecule has 0 unspecified atom stereocenters. The second kappa shape index (κ2) is 5.97. The highest BCUT2D eigenvalue weighted by Crippen LogP contribution is 2.36. The summed E-state index contributed by atoms with van der Waals surface area (Å²) in [6.45, 7) is 4.43. The Labute approximate surface area is 130 Å². The summed E-state index contributed by atoms with van der Waals surface area (Å²) < 4.78 is 23.0. The Morgan fingerprint density at radius 1 is 1.33 bits per heavy atom. The van der Waals surface area contributed by atoms with Crippen molar-refractivity contribution in [3.05, 3.63) is 29.3 Å². The van der Waals surface area contributed by atoms with Gasteiger partial charge in [0.05, 0.1) is 4.90 Å². The number of nitrogens with one attached hydrogen (secondary N) is 1. The van der Waals surface area contributed by atoms with Crippen molar-refractivity contribution in [3.63, 3.8) is 0 Å². The van der Waals surface area contributed by atoms with E-state index in [9.17, 15) is 13.2 Å². The average Bonchev–Trinajstić information content (AvgIpc) is 2.83. The Kier molecular flexibility index (Phi) is 4.63. The first-order chi connectivity index (χ1) is 9.71. The largest absolute Gasteiger partial charge is 0.351 e. The van der Waals surface area contributed by atoms with E-state index in [2.05, 4.69) is 12.2 Å². The van der Waals surface area contributed by atoms with Crippen molar-refractivity contribution in [3.8, 4) is 0 Å². The first-order valence-electron chi connectivity index (χ1n) is 7.05. The molecular formula is C15H20ClNO3S. The molecule has 1 aliphatic rings. The van der Waals surface area contributed by atoms with Crippen LogP contribution in [0.5, 0.6) is 0 Å². The fourth-order valence-electron chi connectivity index (χ4n) is 2.81. The molecule has 0 aromatic heterocycles. The Morgan fingerprint density at radius 3 is 2.52 bits per heavy atom. The average molecular weight is 330 g/mol. The maximum Gasteiger partial charge on any atom is 0.261 e. The molecule has 6 heteroatoms. The number of rotatable bonds is 4. The second-order valence-corrected chi connectivity index (χ2v) is 8.65. The van der Waals surface area contributed by atoms with Gasteiger partial charge >= 0.3 is 0 Å². The summed E-state index contributed by atoms with van der Waals surface area (Å²) in [7, 11) is 1.54. The van der Waals surface area contributed by atoms with Gasteiger partial charge in [0, 0.05) is 22.8 Å². The summed E-state index contributed by atoms with van der Waals surface area (Å²) in [6, 6.07) is 4.55. The number of benzene rings is 1. The molecule has 0 atom stereocenters. The monoisotopic (exact) mass is 329 g/mol. The van der Waals surface area contributed by atoms with Gasteiger partial charge in [-0.05, 0) is 42.9 Å². The third kappa shape index (κ3) is 3.98. The number of hydrogen-bond donors (Lipinski definition) is 1. The van der Waals surface area contributed by atoms with Gasteiger partial charge in [0.25, 0.3) is 15.0 Å². The third-order valence-electron chi connectivity index (χ3n) is 4.20. The number of aryl methyl sites for hydroxylation is 1. The van der Waals surface area contributed by atoms with Crippen molar-refractivity contribution >= 4 is 25.6 Å². The van der Waals surface area contributed by atoms with E-state index < -0.39 is 9.05 Å². The van der Waals surface area contributed by atoms with Gasteiger partial charge in [-0.2, -0.15) is 0 Å². The van der Waals surface area contributed by atoms with E-state index in [0.717, 1.165) is 12.8 Å². The highest BCUT2D eigenvalue weighted by molar-refractivity contribution is 8.13. The number of halogens is 1. The topological polar surface area (TPSA) is 63.2 Å². The summed E-state index contributed by atoms with van der Waals surface area (Å²) in [5.41, 5.74) is 1.01. The van der Waals surface area contributed by atoms with Gasteiger partial charge in [-0.3, -0.25) is 4.79 Å². The Balaban J connectivity index is 2.13. The fourth-order valence-corrected chi connectivity index (χ4v) is 4.02. The summed E-state index contributed by atoms with van der Waals surface area (Å²) in [6.07, 6.45) is 4.63. The molecule has 0 bridgehead atoms. The molecule has 0 saturated heterocycles. The van der Waals surface area contributed by atoms with E-state index in [1.165, 1.54) is 18.9 Å². The molecule has 1 saturated carbocycles. The first-order valence-corrected chi connectivity index (χ1v) is 9.36. The van der Waals surface area contributed by atoms with Gasteiger partial charge in [0.1, 0.15) is 0 Å². The van der Waals surface area contributed by atoms with Crippen LogP contribution in [-0.4, -0.2) is 20.9 Å². The zero-order valence-electron chi connectivity index (χ0n) is 12.3. The second-order valence-electron chi connectivity index (χ2n) is 6.12. The highest BCUT2D eigenvalue weighted by Gasteiger charge is 2.29. The molecule has 1 aromatic rings. The smallest absolute Gasteiger partial charge is 0.261 e. The quantitative estimate of drug-likeness (QED) is 0.862. The Bertz CT molecular complexity index is 649. The highest BCUT2D eigenvalue weighted by atomic mass is 35.7. The zero-order valence-corrected chi connectivity index (χ0v) is 13.9. The van der Waals surface area contributed by atoms with Crippen LogP contribution in [0.15, 0.2) is 23.1 Å². The molecule has 0 aliphatic heterocycles. The van der Waals surface area contributed by atoms with Crippen LogP contribution in [0.25, 0.3) is 0 Å². The van der Waals surface area contributed by atoms with Crippen LogP contribution in [0.1, 0.15) is 48.5 Å². The third-order valence-corrected chi connectivity index (χ3v) is 5.66. The molecule has 21 heavy (non-hydrogen) atoms. The minimum Gasteiger partial charge on any atom is -0.351 e. The molecule has 1 N–H and O–H groups in total. The molecule has 0 spiro atoms. The van der Waals surface area contributed by atoms with Gasteiger partial charge in [0.2, 0.25) is 0 Å². The van der Waals surface area contributed by atoms with Crippen molar-refractivity contribution in [2.45, 2.75) is 44.4 Å². The fraction of sp³-hybridized carbons (Fsp3) is 0.533. The molecule has 1 amide bonds. The van der Waals surface area contributed by atoms with Crippen LogP contribution >= 0.6 is 10.7 Å². The Morgan fingerprint density at radius 2 is 1.95 bits per heavy atom. The van der Waals surface area contributed by atoms with Crippen LogP contribution in [-0.2, 0) is 9.05 Å². The maximum absolute atomic E-state index is 12.2. The minimum atomic E-state index is -3.84. The van der Waals surface area contributed by atoms with Crippen LogP contribution < -0.4 is 5.32 Å². The molecular weight excluding hydrogens is 310 g/mol. The van der Waals surface area contributed by atoms with Crippen LogP contribution in [0.2, 0.25) is 0 Å². The van der Waals surface area contributed by atoms with E-state index in [4.69, 9.17) is 10.7 Å². The van der Waals surface area contributed by atoms with E-state index in [1.54, 1.807) is 19.1 Å². The zero-order chi connectivity index (χ0) is 15.7. The number of amides is 1. The van der Waals surface area contributed by atoms with Gasteiger partial charge in [-0.1, -0.05) is 25.8 Å². The van der Waals surface area contributed by atoms with Gasteiger partial charge in [-0.15, -0.1) is 0 Å². The van der Waals surface area contributed by atoms with Crippen LogP contribution in [0, 0.1) is 12.3 Å². The van der Waals surface area contributed by atoms with Gasteiger partial charge in [0.15, 0.2) is 0 Å². The first kappa shape index (κ1) is 16.3. The van der Waals surface area contributed by atoms with E-state index in [0.29, 0.717) is 17.7 Å². The maximum atomic E-state index is 12.2. The van der Waals surface area contributed by atoms with E-state index >= 15 is 0 Å². The minimum absolute atomic E-state index is 0.0103. The summed E-state index contributed by atoms with van der Waals surface area (Å²) >= 11 is 0. The van der Waals surface area contributed by atoms with Crippen LogP contribution in [0.4, 0.5) is 0 Å². The molecule has 0 radical (unpaired) electrons. The molecule has 1 fully saturated rings. The van der Waals surface area contributed by atoms with E-state index in [-0.39, 0.29) is 16.2 Å². The predicted molar refractivity (Wildman–Crippen MR) is 83.1 cm³/mol. The lowest BCUT2D eigenvalue weighted by Gasteiger charge is -2.23. The molecule has 1 aromatic carbocycles. The SMILES string of the molecule is Cc1ccc(C(=O)NCC2(C)CCCC2)cc1S(=O)(=O)Cl. The molecule has 116 valence electrons.